The Balaban J connectivity index is 0. The van der Waals surface area contributed by atoms with Crippen molar-refractivity contribution < 1.29 is 10.2 Å². The quantitative estimate of drug-likeness (QED) is 0.387. The van der Waals surface area contributed by atoms with Crippen LogP contribution in [-0.2, 0) is 0 Å². The Kier molecular flexibility index (Phi) is 24.1. The highest BCUT2D eigenvalue weighted by Gasteiger charge is 1.57. The van der Waals surface area contributed by atoms with E-state index in [1.54, 1.807) is 0 Å². The topological polar surface area (TPSA) is 66.5 Å². The third-order valence-electron chi connectivity index (χ3n) is 0.224. The molecular formula is C4H13NO2. The summed E-state index contributed by atoms with van der Waals surface area (Å²) in [6.07, 6.45) is 0.875. The van der Waals surface area contributed by atoms with E-state index in [2.05, 4.69) is 5.73 Å². The fourth-order valence-corrected chi connectivity index (χ4v) is 0. The molecule has 0 atom stereocenters. The van der Waals surface area contributed by atoms with E-state index in [0.29, 0.717) is 6.61 Å². The van der Waals surface area contributed by atoms with Gasteiger partial charge in [0.25, 0.3) is 0 Å². The van der Waals surface area contributed by atoms with Crippen LogP contribution in [0.4, 0.5) is 0 Å². The van der Waals surface area contributed by atoms with E-state index in [1.807, 2.05) is 6.92 Å². The average molecular weight is 107 g/mol. The number of aliphatic hydroxyl groups is 2. The summed E-state index contributed by atoms with van der Waals surface area (Å²) < 4.78 is 0. The summed E-state index contributed by atoms with van der Waals surface area (Å²) in [5.41, 5.74) is 4.40. The van der Waals surface area contributed by atoms with Crippen LogP contribution in [0.5, 0.6) is 0 Å². The van der Waals surface area contributed by atoms with Crippen LogP contribution in [0.15, 0.2) is 0 Å². The fraction of sp³-hybridized carbons (Fsp3) is 1.00. The smallest absolute Gasteiger partial charge is 0.0906 e. The molecule has 0 saturated heterocycles. The van der Waals surface area contributed by atoms with Crippen LogP contribution in [0.1, 0.15) is 13.3 Å². The first-order valence-corrected chi connectivity index (χ1v) is 2.25. The maximum Gasteiger partial charge on any atom is 0.0906 e. The number of nitrogens with two attached hydrogens (primary N) is 1. The maximum absolute atomic E-state index is 7.88. The van der Waals surface area contributed by atoms with E-state index in [1.165, 1.54) is 0 Å². The Morgan fingerprint density at radius 2 is 1.57 bits per heavy atom. The van der Waals surface area contributed by atoms with Gasteiger partial charge in [0.2, 0.25) is 0 Å². The van der Waals surface area contributed by atoms with Crippen LogP contribution in [-0.4, -0.2) is 23.6 Å². The van der Waals surface area contributed by atoms with Crippen LogP contribution >= 0.6 is 0 Å². The third-order valence-corrected chi connectivity index (χ3v) is 0.224. The van der Waals surface area contributed by atoms with E-state index in [-0.39, 0.29) is 6.73 Å². The van der Waals surface area contributed by atoms with Gasteiger partial charge in [0.05, 0.1) is 6.73 Å². The van der Waals surface area contributed by atoms with Crippen LogP contribution < -0.4 is 5.73 Å². The molecule has 46 valence electrons. The van der Waals surface area contributed by atoms with Gasteiger partial charge in [0, 0.05) is 6.61 Å². The minimum Gasteiger partial charge on any atom is -0.396 e. The zero-order valence-corrected chi connectivity index (χ0v) is 4.59. The highest BCUT2D eigenvalue weighted by Crippen LogP contribution is 1.61. The van der Waals surface area contributed by atoms with Crippen molar-refractivity contribution in [2.75, 3.05) is 13.3 Å². The summed E-state index contributed by atoms with van der Waals surface area (Å²) in [6, 6.07) is 0. The Morgan fingerprint density at radius 1 is 1.43 bits per heavy atom. The predicted molar refractivity (Wildman–Crippen MR) is 28.6 cm³/mol. The molecule has 0 aliphatic rings. The molecule has 0 unspecified atom stereocenters. The number of hydrogen-bond donors (Lipinski definition) is 3. The molecule has 0 aromatic rings. The monoisotopic (exact) mass is 107 g/mol. The molecule has 4 N–H and O–H groups in total. The van der Waals surface area contributed by atoms with Gasteiger partial charge in [-0.2, -0.15) is 0 Å². The van der Waals surface area contributed by atoms with Crippen molar-refractivity contribution in [2.24, 2.45) is 5.73 Å². The molecule has 3 nitrogen and oxygen atoms in total. The van der Waals surface area contributed by atoms with Crippen molar-refractivity contribution in [3.8, 4) is 0 Å². The van der Waals surface area contributed by atoms with E-state index in [4.69, 9.17) is 10.2 Å². The van der Waals surface area contributed by atoms with Crippen molar-refractivity contribution in [2.45, 2.75) is 13.3 Å². The summed E-state index contributed by atoms with van der Waals surface area (Å²) in [5.74, 6) is 0. The van der Waals surface area contributed by atoms with Crippen molar-refractivity contribution >= 4 is 0 Å². The van der Waals surface area contributed by atoms with Gasteiger partial charge in [-0.1, -0.05) is 6.92 Å². The molecule has 0 aliphatic heterocycles. The fourth-order valence-electron chi connectivity index (χ4n) is 0. The molecule has 7 heavy (non-hydrogen) atoms. The Morgan fingerprint density at radius 3 is 1.57 bits per heavy atom. The van der Waals surface area contributed by atoms with Crippen molar-refractivity contribution in [3.63, 3.8) is 0 Å². The van der Waals surface area contributed by atoms with Crippen LogP contribution in [0.2, 0.25) is 0 Å². The molecule has 0 rings (SSSR count). The van der Waals surface area contributed by atoms with Gasteiger partial charge in [-0.25, -0.2) is 0 Å². The maximum atomic E-state index is 7.88. The molecule has 0 radical (unpaired) electrons. The zero-order valence-electron chi connectivity index (χ0n) is 4.59. The molecule has 0 heterocycles. The second kappa shape index (κ2) is 16.9. The molecule has 0 saturated carbocycles. The van der Waals surface area contributed by atoms with Crippen LogP contribution in [0.25, 0.3) is 0 Å². The molecule has 3 heteroatoms. The van der Waals surface area contributed by atoms with Gasteiger partial charge in [-0.05, 0) is 6.42 Å². The van der Waals surface area contributed by atoms with E-state index >= 15 is 0 Å². The van der Waals surface area contributed by atoms with Gasteiger partial charge in [0.1, 0.15) is 0 Å². The van der Waals surface area contributed by atoms with Gasteiger partial charge in [-0.15, -0.1) is 0 Å². The molecule has 0 aromatic carbocycles. The number of aliphatic hydroxyl groups excluding tert-OH is 2. The standard InChI is InChI=1S/C3H8O.CH5NO/c1-2-3-4;2-1-3/h4H,2-3H2,1H3;3H,1-2H2. The minimum absolute atomic E-state index is 0.250. The average Bonchev–Trinajstić information content (AvgIpc) is 1.69. The van der Waals surface area contributed by atoms with Crippen molar-refractivity contribution in [1.29, 1.82) is 0 Å². The van der Waals surface area contributed by atoms with Crippen LogP contribution in [0, 0.1) is 0 Å². The Labute approximate surface area is 43.8 Å². The highest BCUT2D eigenvalue weighted by atomic mass is 16.3. The van der Waals surface area contributed by atoms with Gasteiger partial charge in [-0.3, -0.25) is 0 Å². The number of rotatable bonds is 1. The highest BCUT2D eigenvalue weighted by molar-refractivity contribution is 4.10. The molecule has 0 aliphatic carbocycles. The van der Waals surface area contributed by atoms with Gasteiger partial charge < -0.3 is 15.9 Å². The summed E-state index contributed by atoms with van der Waals surface area (Å²) in [7, 11) is 0. The first kappa shape index (κ1) is 9.99. The molecule has 0 aromatic heterocycles. The second-order valence-electron chi connectivity index (χ2n) is 0.906. The lowest BCUT2D eigenvalue weighted by Gasteiger charge is -1.69. The largest absolute Gasteiger partial charge is 0.396 e. The molecule has 0 bridgehead atoms. The lowest BCUT2D eigenvalue weighted by Crippen LogP contribution is -1.92. The lowest BCUT2D eigenvalue weighted by atomic mass is 10.5. The molecule has 0 amide bonds. The first-order valence-electron chi connectivity index (χ1n) is 2.25. The van der Waals surface area contributed by atoms with E-state index in [9.17, 15) is 0 Å². The summed E-state index contributed by atoms with van der Waals surface area (Å²) >= 11 is 0. The summed E-state index contributed by atoms with van der Waals surface area (Å²) in [5, 5.41) is 15.2. The first-order chi connectivity index (χ1) is 3.33. The number of hydrogen-bond acceptors (Lipinski definition) is 3. The Hall–Kier alpha value is -0.120. The SMILES string of the molecule is CCCO.NCO. The van der Waals surface area contributed by atoms with Crippen molar-refractivity contribution in [1.82, 2.24) is 0 Å². The molecule has 0 spiro atoms. The van der Waals surface area contributed by atoms with E-state index < -0.39 is 0 Å². The normalized spacial score (nSPS) is 6.86. The third kappa shape index (κ3) is 114. The predicted octanol–water partition coefficient (Wildman–Crippen LogP) is -0.716. The second-order valence-corrected chi connectivity index (χ2v) is 0.906. The summed E-state index contributed by atoms with van der Waals surface area (Å²) in [6.45, 7) is 2.00. The van der Waals surface area contributed by atoms with Gasteiger partial charge in [0.15, 0.2) is 0 Å². The van der Waals surface area contributed by atoms with Gasteiger partial charge >= 0.3 is 0 Å². The lowest BCUT2D eigenvalue weighted by molar-refractivity contribution is 0.295. The minimum atomic E-state index is -0.250. The van der Waals surface area contributed by atoms with Crippen molar-refractivity contribution in [3.05, 3.63) is 0 Å². The molecule has 0 fully saturated rings. The zero-order chi connectivity index (χ0) is 6.12. The molecular weight excluding hydrogens is 94.0 g/mol. The Bertz CT molecular complexity index is 17.2. The van der Waals surface area contributed by atoms with Crippen LogP contribution in [0.3, 0.4) is 0 Å². The van der Waals surface area contributed by atoms with E-state index in [0.717, 1.165) is 6.42 Å². The summed E-state index contributed by atoms with van der Waals surface area (Å²) in [4.78, 5) is 0.